The number of nitrogens with two attached hydrogens (primary N) is 1. The Morgan fingerprint density at radius 3 is 2.31 bits per heavy atom. The van der Waals surface area contributed by atoms with Crippen LogP contribution in [0.15, 0.2) is 24.3 Å². The van der Waals surface area contributed by atoms with E-state index in [4.69, 9.17) is 5.73 Å². The zero-order chi connectivity index (χ0) is 12.2. The van der Waals surface area contributed by atoms with E-state index in [1.165, 1.54) is 0 Å². The minimum absolute atomic E-state index is 0.267. The summed E-state index contributed by atoms with van der Waals surface area (Å²) in [6, 6.07) is 6.51. The second kappa shape index (κ2) is 5.18. The quantitative estimate of drug-likeness (QED) is 0.679. The summed E-state index contributed by atoms with van der Waals surface area (Å²) < 4.78 is 27.9. The molecular formula is C10H17N3O2S. The monoisotopic (exact) mass is 243 g/mol. The molecule has 0 aromatic heterocycles. The molecule has 5 nitrogen and oxygen atoms in total. The van der Waals surface area contributed by atoms with Gasteiger partial charge in [-0.2, -0.15) is 13.1 Å². The lowest BCUT2D eigenvalue weighted by molar-refractivity contribution is 0.565. The smallest absolute Gasteiger partial charge is 0.299 e. The van der Waals surface area contributed by atoms with Gasteiger partial charge in [-0.1, -0.05) is 13.8 Å². The summed E-state index contributed by atoms with van der Waals surface area (Å²) in [7, 11) is -3.48. The van der Waals surface area contributed by atoms with Crippen LogP contribution in [0.4, 0.5) is 11.4 Å². The zero-order valence-electron chi connectivity index (χ0n) is 9.40. The summed E-state index contributed by atoms with van der Waals surface area (Å²) >= 11 is 0. The average Bonchev–Trinajstić information content (AvgIpc) is 2.19. The minimum Gasteiger partial charge on any atom is -0.399 e. The van der Waals surface area contributed by atoms with Crippen LogP contribution in [-0.4, -0.2) is 15.0 Å². The molecule has 1 rings (SSSR count). The first-order valence-electron chi connectivity index (χ1n) is 5.02. The molecule has 0 spiro atoms. The van der Waals surface area contributed by atoms with E-state index in [9.17, 15) is 8.42 Å². The Balaban J connectivity index is 2.62. The highest BCUT2D eigenvalue weighted by molar-refractivity contribution is 7.90. The molecule has 0 fully saturated rings. The molecule has 0 saturated carbocycles. The molecule has 0 aliphatic carbocycles. The molecule has 0 bridgehead atoms. The lowest BCUT2D eigenvalue weighted by atomic mass is 10.2. The Kier molecular flexibility index (Phi) is 4.14. The summed E-state index contributed by atoms with van der Waals surface area (Å²) in [5.74, 6) is 0.267. The van der Waals surface area contributed by atoms with E-state index in [2.05, 4.69) is 9.44 Å². The Morgan fingerprint density at radius 1 is 1.25 bits per heavy atom. The van der Waals surface area contributed by atoms with E-state index in [-0.39, 0.29) is 5.92 Å². The van der Waals surface area contributed by atoms with Crippen molar-refractivity contribution in [3.05, 3.63) is 24.3 Å². The van der Waals surface area contributed by atoms with Gasteiger partial charge in [0.05, 0.1) is 0 Å². The molecule has 4 N–H and O–H groups in total. The van der Waals surface area contributed by atoms with Gasteiger partial charge in [0.2, 0.25) is 0 Å². The Hall–Kier alpha value is -1.27. The van der Waals surface area contributed by atoms with Gasteiger partial charge in [-0.05, 0) is 30.2 Å². The molecule has 0 radical (unpaired) electrons. The third-order valence-electron chi connectivity index (χ3n) is 1.84. The molecule has 0 aliphatic rings. The van der Waals surface area contributed by atoms with Crippen molar-refractivity contribution in [1.29, 1.82) is 0 Å². The van der Waals surface area contributed by atoms with Crippen molar-refractivity contribution >= 4 is 21.6 Å². The van der Waals surface area contributed by atoms with Gasteiger partial charge < -0.3 is 5.73 Å². The van der Waals surface area contributed by atoms with E-state index >= 15 is 0 Å². The molecule has 0 atom stereocenters. The van der Waals surface area contributed by atoms with Crippen LogP contribution in [0.2, 0.25) is 0 Å². The molecule has 0 aliphatic heterocycles. The number of hydrogen-bond acceptors (Lipinski definition) is 3. The van der Waals surface area contributed by atoms with Gasteiger partial charge in [0.15, 0.2) is 0 Å². The molecule has 16 heavy (non-hydrogen) atoms. The molecule has 1 aromatic rings. The fourth-order valence-corrected chi connectivity index (χ4v) is 2.09. The molecule has 0 unspecified atom stereocenters. The van der Waals surface area contributed by atoms with Crippen LogP contribution >= 0.6 is 0 Å². The van der Waals surface area contributed by atoms with Crippen molar-refractivity contribution in [3.63, 3.8) is 0 Å². The highest BCUT2D eigenvalue weighted by Crippen LogP contribution is 2.11. The fraction of sp³-hybridized carbons (Fsp3) is 0.400. The Morgan fingerprint density at radius 2 is 1.81 bits per heavy atom. The predicted octanol–water partition coefficient (Wildman–Crippen LogP) is 1.17. The topological polar surface area (TPSA) is 84.2 Å². The van der Waals surface area contributed by atoms with Gasteiger partial charge in [0, 0.05) is 17.9 Å². The van der Waals surface area contributed by atoms with Gasteiger partial charge in [-0.3, -0.25) is 4.72 Å². The fourth-order valence-electron chi connectivity index (χ4n) is 1.02. The van der Waals surface area contributed by atoms with Crippen LogP contribution in [0.25, 0.3) is 0 Å². The first-order chi connectivity index (χ1) is 7.39. The van der Waals surface area contributed by atoms with Crippen LogP contribution in [0, 0.1) is 5.92 Å². The van der Waals surface area contributed by atoms with Crippen molar-refractivity contribution in [1.82, 2.24) is 4.72 Å². The SMILES string of the molecule is CC(C)CNS(=O)(=O)Nc1ccc(N)cc1. The molecule has 6 heteroatoms. The largest absolute Gasteiger partial charge is 0.399 e. The molecular weight excluding hydrogens is 226 g/mol. The average molecular weight is 243 g/mol. The first kappa shape index (κ1) is 12.8. The van der Waals surface area contributed by atoms with Gasteiger partial charge >= 0.3 is 0 Å². The third-order valence-corrected chi connectivity index (χ3v) is 2.90. The maximum atomic E-state index is 11.5. The van der Waals surface area contributed by atoms with Crippen LogP contribution in [-0.2, 0) is 10.2 Å². The molecule has 1 aromatic carbocycles. The van der Waals surface area contributed by atoms with E-state index in [1.807, 2.05) is 13.8 Å². The van der Waals surface area contributed by atoms with Gasteiger partial charge in [-0.15, -0.1) is 0 Å². The number of rotatable bonds is 5. The highest BCUT2D eigenvalue weighted by Gasteiger charge is 2.09. The highest BCUT2D eigenvalue weighted by atomic mass is 32.2. The van der Waals surface area contributed by atoms with Crippen LogP contribution < -0.4 is 15.2 Å². The summed E-state index contributed by atoms with van der Waals surface area (Å²) in [5, 5.41) is 0. The van der Waals surface area contributed by atoms with Crippen LogP contribution in [0.5, 0.6) is 0 Å². The van der Waals surface area contributed by atoms with Gasteiger partial charge in [-0.25, -0.2) is 0 Å². The maximum absolute atomic E-state index is 11.5. The molecule has 90 valence electrons. The standard InChI is InChI=1S/C10H17N3O2S/c1-8(2)7-12-16(14,15)13-10-5-3-9(11)4-6-10/h3-6,8,12-13H,7,11H2,1-2H3. The summed E-state index contributed by atoms with van der Waals surface area (Å²) in [4.78, 5) is 0. The van der Waals surface area contributed by atoms with Crippen molar-refractivity contribution in [2.24, 2.45) is 5.92 Å². The lowest BCUT2D eigenvalue weighted by Crippen LogP contribution is -2.32. The summed E-state index contributed by atoms with van der Waals surface area (Å²) in [6.07, 6.45) is 0. The molecule has 0 saturated heterocycles. The second-order valence-electron chi connectivity index (χ2n) is 3.97. The number of anilines is 2. The zero-order valence-corrected chi connectivity index (χ0v) is 10.2. The van der Waals surface area contributed by atoms with E-state index < -0.39 is 10.2 Å². The van der Waals surface area contributed by atoms with E-state index in [0.29, 0.717) is 17.9 Å². The van der Waals surface area contributed by atoms with Crippen LogP contribution in [0.3, 0.4) is 0 Å². The van der Waals surface area contributed by atoms with E-state index in [0.717, 1.165) is 0 Å². The lowest BCUT2D eigenvalue weighted by Gasteiger charge is -2.10. The van der Waals surface area contributed by atoms with Crippen molar-refractivity contribution in [2.45, 2.75) is 13.8 Å². The van der Waals surface area contributed by atoms with E-state index in [1.54, 1.807) is 24.3 Å². The van der Waals surface area contributed by atoms with Gasteiger partial charge in [0.25, 0.3) is 10.2 Å². The predicted molar refractivity (Wildman–Crippen MR) is 66.2 cm³/mol. The van der Waals surface area contributed by atoms with Gasteiger partial charge in [0.1, 0.15) is 0 Å². The third kappa shape index (κ3) is 4.50. The number of benzene rings is 1. The van der Waals surface area contributed by atoms with Crippen molar-refractivity contribution in [3.8, 4) is 0 Å². The second-order valence-corrected chi connectivity index (χ2v) is 5.47. The Bertz CT molecular complexity index is 426. The van der Waals surface area contributed by atoms with Crippen LogP contribution in [0.1, 0.15) is 13.8 Å². The summed E-state index contributed by atoms with van der Waals surface area (Å²) in [6.45, 7) is 4.28. The normalized spacial score (nSPS) is 11.7. The minimum atomic E-state index is -3.48. The van der Waals surface area contributed by atoms with Crippen molar-refractivity contribution < 1.29 is 8.42 Å². The summed E-state index contributed by atoms with van der Waals surface area (Å²) in [5.41, 5.74) is 6.58. The maximum Gasteiger partial charge on any atom is 0.299 e. The molecule has 0 amide bonds. The van der Waals surface area contributed by atoms with Crippen molar-refractivity contribution in [2.75, 3.05) is 17.0 Å². The number of hydrogen-bond donors (Lipinski definition) is 3. The number of nitrogen functional groups attached to an aromatic ring is 1. The Labute approximate surface area is 96.2 Å². The number of nitrogens with one attached hydrogen (secondary N) is 2. The first-order valence-corrected chi connectivity index (χ1v) is 6.50. The molecule has 0 heterocycles.